The van der Waals surface area contributed by atoms with Gasteiger partial charge < -0.3 is 11.0 Å². The van der Waals surface area contributed by atoms with E-state index in [1.807, 2.05) is 0 Å². The Kier molecular flexibility index (Phi) is 5.66. The molecule has 0 saturated carbocycles. The fourth-order valence-corrected chi connectivity index (χ4v) is 0.609. The molecular formula is C7H8BFO2. The van der Waals surface area contributed by atoms with Crippen LogP contribution in [0.15, 0.2) is 18.2 Å². The van der Waals surface area contributed by atoms with Crippen LogP contribution < -0.4 is 5.46 Å². The molecule has 0 aliphatic rings. The van der Waals surface area contributed by atoms with Crippen LogP contribution in [0.1, 0.15) is 5.56 Å². The maximum atomic E-state index is 12.5. The van der Waals surface area contributed by atoms with Crippen LogP contribution in [-0.4, -0.2) is 18.8 Å². The molecule has 0 aliphatic carbocycles. The van der Waals surface area contributed by atoms with Crippen molar-refractivity contribution in [2.24, 2.45) is 0 Å². The summed E-state index contributed by atoms with van der Waals surface area (Å²) in [6, 6.07) is 4.65. The SMILES string of the molecule is [B+2]c1ccc(C)c(F)c1.[OH-].[OH-]. The monoisotopic (exact) mass is 154 g/mol. The van der Waals surface area contributed by atoms with Crippen molar-refractivity contribution < 1.29 is 15.3 Å². The van der Waals surface area contributed by atoms with Gasteiger partial charge in [0.05, 0.1) is 0 Å². The molecular weight excluding hydrogens is 146 g/mol. The third-order valence-electron chi connectivity index (χ3n) is 1.20. The molecule has 1 aromatic carbocycles. The van der Waals surface area contributed by atoms with Gasteiger partial charge in [-0.1, -0.05) is 0 Å². The number of hydrogen-bond donors (Lipinski definition) is 0. The quantitative estimate of drug-likeness (QED) is 0.513. The van der Waals surface area contributed by atoms with Crippen LogP contribution in [0.4, 0.5) is 4.39 Å². The van der Waals surface area contributed by atoms with Crippen LogP contribution in [0.25, 0.3) is 0 Å². The Hall–Kier alpha value is -0.865. The summed E-state index contributed by atoms with van der Waals surface area (Å²) in [5.74, 6) is -0.241. The van der Waals surface area contributed by atoms with E-state index >= 15 is 0 Å². The van der Waals surface area contributed by atoms with E-state index in [4.69, 9.17) is 7.85 Å². The molecule has 0 saturated heterocycles. The normalized spacial score (nSPS) is 8.00. The second kappa shape index (κ2) is 4.88. The smallest absolute Gasteiger partial charge is 0.870 e. The van der Waals surface area contributed by atoms with E-state index in [1.165, 1.54) is 6.07 Å². The van der Waals surface area contributed by atoms with E-state index < -0.39 is 0 Å². The molecule has 4 heteroatoms. The van der Waals surface area contributed by atoms with Gasteiger partial charge in [-0.3, -0.25) is 0 Å². The summed E-state index contributed by atoms with van der Waals surface area (Å²) in [7, 11) is 5.29. The predicted molar refractivity (Wildman–Crippen MR) is 40.4 cm³/mol. The molecule has 0 aromatic heterocycles. The van der Waals surface area contributed by atoms with Crippen molar-refractivity contribution in [2.45, 2.75) is 6.92 Å². The Morgan fingerprint density at radius 1 is 1.27 bits per heavy atom. The molecule has 11 heavy (non-hydrogen) atoms. The van der Waals surface area contributed by atoms with Gasteiger partial charge in [0.25, 0.3) is 0 Å². The fraction of sp³-hybridized carbons (Fsp3) is 0.143. The van der Waals surface area contributed by atoms with Crippen molar-refractivity contribution in [2.75, 3.05) is 0 Å². The Morgan fingerprint density at radius 3 is 2.18 bits per heavy atom. The van der Waals surface area contributed by atoms with E-state index in [9.17, 15) is 4.39 Å². The third kappa shape index (κ3) is 3.16. The first-order valence-electron chi connectivity index (χ1n) is 2.72. The van der Waals surface area contributed by atoms with Gasteiger partial charge in [0.2, 0.25) is 0 Å². The average Bonchev–Trinajstić information content (AvgIpc) is 1.80. The molecule has 0 bridgehead atoms. The Balaban J connectivity index is 0. The second-order valence-corrected chi connectivity index (χ2v) is 2.01. The molecule has 0 fully saturated rings. The van der Waals surface area contributed by atoms with Gasteiger partial charge in [-0.15, -0.1) is 0 Å². The van der Waals surface area contributed by atoms with Crippen molar-refractivity contribution in [1.82, 2.24) is 0 Å². The molecule has 2 nitrogen and oxygen atoms in total. The standard InChI is InChI=1S/C7H6BF.2H2O/c1-5-2-3-6(8)4-7(5)9;;/h2-4H,1H3;2*1H2/q+2;;/p-2. The van der Waals surface area contributed by atoms with Crippen molar-refractivity contribution in [3.8, 4) is 0 Å². The van der Waals surface area contributed by atoms with Crippen LogP contribution in [0.3, 0.4) is 0 Å². The van der Waals surface area contributed by atoms with E-state index in [-0.39, 0.29) is 16.8 Å². The summed E-state index contributed by atoms with van der Waals surface area (Å²) < 4.78 is 12.5. The minimum absolute atomic E-state index is 0. The molecule has 0 radical (unpaired) electrons. The number of halogens is 1. The van der Waals surface area contributed by atoms with Gasteiger partial charge in [0, 0.05) is 0 Å². The molecule has 0 unspecified atom stereocenters. The zero-order valence-corrected chi connectivity index (χ0v) is 6.08. The maximum absolute atomic E-state index is 12.5. The molecule has 1 aromatic rings. The third-order valence-corrected chi connectivity index (χ3v) is 1.20. The second-order valence-electron chi connectivity index (χ2n) is 2.01. The van der Waals surface area contributed by atoms with E-state index in [2.05, 4.69) is 0 Å². The first-order chi connectivity index (χ1) is 4.20. The molecule has 2 N–H and O–H groups in total. The summed E-state index contributed by atoms with van der Waals surface area (Å²) in [5.41, 5.74) is 1.10. The van der Waals surface area contributed by atoms with Crippen LogP contribution in [0.2, 0.25) is 0 Å². The molecule has 0 atom stereocenters. The number of hydrogen-bond acceptors (Lipinski definition) is 2. The summed E-state index contributed by atoms with van der Waals surface area (Å²) in [4.78, 5) is 0. The van der Waals surface area contributed by atoms with E-state index in [0.717, 1.165) is 0 Å². The topological polar surface area (TPSA) is 60.0 Å². The first-order valence-corrected chi connectivity index (χ1v) is 2.72. The van der Waals surface area contributed by atoms with Crippen LogP contribution in [0.5, 0.6) is 0 Å². The summed E-state index contributed by atoms with van der Waals surface area (Å²) in [6.45, 7) is 1.70. The first kappa shape index (κ1) is 12.8. The zero-order valence-electron chi connectivity index (χ0n) is 6.08. The van der Waals surface area contributed by atoms with Crippen LogP contribution in [-0.2, 0) is 0 Å². The molecule has 0 heterocycles. The van der Waals surface area contributed by atoms with Gasteiger partial charge in [0.1, 0.15) is 0 Å². The van der Waals surface area contributed by atoms with E-state index in [0.29, 0.717) is 11.0 Å². The minimum Gasteiger partial charge on any atom is -0.870 e. The predicted octanol–water partition coefficient (Wildman–Crippen LogP) is 0.574. The summed E-state index contributed by atoms with van der Waals surface area (Å²) in [6.07, 6.45) is 0. The fourth-order valence-electron chi connectivity index (χ4n) is 0.609. The molecule has 0 spiro atoms. The molecule has 0 aliphatic heterocycles. The van der Waals surface area contributed by atoms with Crippen molar-refractivity contribution in [1.29, 1.82) is 0 Å². The van der Waals surface area contributed by atoms with Crippen LogP contribution in [0, 0.1) is 12.7 Å². The maximum Gasteiger partial charge on any atom is -0.870 e. The summed E-state index contributed by atoms with van der Waals surface area (Å²) in [5, 5.41) is 0. The van der Waals surface area contributed by atoms with Gasteiger partial charge in [-0.25, -0.2) is 0 Å². The van der Waals surface area contributed by atoms with Crippen molar-refractivity contribution in [3.05, 3.63) is 29.6 Å². The Bertz CT molecular complexity index is 228. The Morgan fingerprint density at radius 2 is 1.82 bits per heavy atom. The Labute approximate surface area is 66.1 Å². The van der Waals surface area contributed by atoms with Crippen molar-refractivity contribution >= 4 is 13.3 Å². The van der Waals surface area contributed by atoms with Gasteiger partial charge in [-0.2, -0.15) is 0 Å². The van der Waals surface area contributed by atoms with Gasteiger partial charge in [-0.05, 0) is 0 Å². The summed E-state index contributed by atoms with van der Waals surface area (Å²) >= 11 is 0. The van der Waals surface area contributed by atoms with Crippen LogP contribution >= 0.6 is 0 Å². The number of aryl methyl sites for hydroxylation is 1. The molecule has 58 valence electrons. The minimum atomic E-state index is -0.241. The zero-order chi connectivity index (χ0) is 6.85. The van der Waals surface area contributed by atoms with Gasteiger partial charge >= 0.3 is 54.2 Å². The van der Waals surface area contributed by atoms with Crippen molar-refractivity contribution in [3.63, 3.8) is 0 Å². The average molecular weight is 154 g/mol. The number of benzene rings is 1. The largest absolute Gasteiger partial charge is 0.870 e. The number of rotatable bonds is 0. The van der Waals surface area contributed by atoms with Gasteiger partial charge in [0.15, 0.2) is 0 Å². The molecule has 0 amide bonds. The van der Waals surface area contributed by atoms with E-state index in [1.54, 1.807) is 19.1 Å². The molecule has 1 rings (SSSR count).